The molecule has 0 saturated heterocycles. The van der Waals surface area contributed by atoms with E-state index in [1.165, 1.54) is 21.6 Å². The normalized spacial score (nSPS) is 12.8. The monoisotopic (exact) mass is 288 g/mol. The summed E-state index contributed by atoms with van der Waals surface area (Å²) in [5.74, 6) is 0. The van der Waals surface area contributed by atoms with E-state index >= 15 is 0 Å². The molecule has 0 aliphatic rings. The van der Waals surface area contributed by atoms with Crippen molar-refractivity contribution >= 4 is 11.3 Å². The zero-order valence-electron chi connectivity index (χ0n) is 12.8. The minimum Gasteiger partial charge on any atom is -0.311 e. The van der Waals surface area contributed by atoms with E-state index in [9.17, 15) is 0 Å². The number of benzene rings is 1. The lowest BCUT2D eigenvalue weighted by atomic mass is 10.1. The van der Waals surface area contributed by atoms with E-state index in [4.69, 9.17) is 0 Å². The number of hydrogen-bond donors (Lipinski definition) is 1. The second kappa shape index (κ2) is 7.02. The Hall–Kier alpha value is -1.16. The van der Waals surface area contributed by atoms with E-state index < -0.39 is 0 Å². The highest BCUT2D eigenvalue weighted by Crippen LogP contribution is 2.22. The largest absolute Gasteiger partial charge is 0.311 e. The Morgan fingerprint density at radius 2 is 2.00 bits per heavy atom. The second-order valence-corrected chi connectivity index (χ2v) is 6.53. The van der Waals surface area contributed by atoms with Gasteiger partial charge in [-0.3, -0.25) is 0 Å². The van der Waals surface area contributed by atoms with E-state index in [0.29, 0.717) is 6.04 Å². The molecule has 0 saturated carbocycles. The van der Waals surface area contributed by atoms with Crippen molar-refractivity contribution < 1.29 is 0 Å². The Morgan fingerprint density at radius 1 is 1.20 bits per heavy atom. The topological polar surface area (TPSA) is 15.3 Å². The molecular formula is C17H24N2S. The predicted molar refractivity (Wildman–Crippen MR) is 88.4 cm³/mol. The van der Waals surface area contributed by atoms with Gasteiger partial charge in [0.25, 0.3) is 0 Å². The summed E-state index contributed by atoms with van der Waals surface area (Å²) in [6.45, 7) is 6.24. The molecule has 0 bridgehead atoms. The van der Waals surface area contributed by atoms with Gasteiger partial charge in [-0.25, -0.2) is 0 Å². The van der Waals surface area contributed by atoms with Crippen LogP contribution in [0.4, 0.5) is 0 Å². The van der Waals surface area contributed by atoms with E-state index in [0.717, 1.165) is 13.1 Å². The zero-order valence-corrected chi connectivity index (χ0v) is 13.6. The summed E-state index contributed by atoms with van der Waals surface area (Å²) in [5, 5.41) is 5.75. The summed E-state index contributed by atoms with van der Waals surface area (Å²) >= 11 is 1.83. The molecular weight excluding hydrogens is 264 g/mol. The van der Waals surface area contributed by atoms with Gasteiger partial charge in [-0.1, -0.05) is 29.8 Å². The molecule has 0 fully saturated rings. The molecule has 1 N–H and O–H groups in total. The summed E-state index contributed by atoms with van der Waals surface area (Å²) < 4.78 is 0. The summed E-state index contributed by atoms with van der Waals surface area (Å²) in [4.78, 5) is 3.70. The van der Waals surface area contributed by atoms with Crippen molar-refractivity contribution in [1.82, 2.24) is 10.2 Å². The van der Waals surface area contributed by atoms with E-state index in [-0.39, 0.29) is 0 Å². The van der Waals surface area contributed by atoms with Crippen molar-refractivity contribution in [3.05, 3.63) is 57.3 Å². The average molecular weight is 288 g/mol. The molecule has 20 heavy (non-hydrogen) atoms. The van der Waals surface area contributed by atoms with Crippen LogP contribution in [0.3, 0.4) is 0 Å². The molecule has 1 unspecified atom stereocenters. The minimum absolute atomic E-state index is 0.445. The van der Waals surface area contributed by atoms with E-state index in [1.807, 2.05) is 11.3 Å². The molecule has 108 valence electrons. The van der Waals surface area contributed by atoms with Crippen LogP contribution in [-0.4, -0.2) is 25.5 Å². The fourth-order valence-electron chi connectivity index (χ4n) is 2.35. The first-order chi connectivity index (χ1) is 9.58. The summed E-state index contributed by atoms with van der Waals surface area (Å²) in [6.07, 6.45) is 0. The summed E-state index contributed by atoms with van der Waals surface area (Å²) in [7, 11) is 4.29. The van der Waals surface area contributed by atoms with Crippen LogP contribution in [0.15, 0.2) is 35.7 Å². The molecule has 0 amide bonds. The van der Waals surface area contributed by atoms with Crippen molar-refractivity contribution in [3.8, 4) is 0 Å². The first-order valence-electron chi connectivity index (χ1n) is 7.04. The molecule has 0 aliphatic carbocycles. The maximum absolute atomic E-state index is 3.60. The molecule has 2 rings (SSSR count). The first kappa shape index (κ1) is 15.2. The maximum Gasteiger partial charge on any atom is 0.0561 e. The van der Waals surface area contributed by atoms with Gasteiger partial charge in [-0.2, -0.15) is 0 Å². The van der Waals surface area contributed by atoms with Gasteiger partial charge in [0.15, 0.2) is 0 Å². The Labute approximate surface area is 126 Å². The van der Waals surface area contributed by atoms with Crippen LogP contribution >= 0.6 is 11.3 Å². The Kier molecular flexibility index (Phi) is 5.35. The van der Waals surface area contributed by atoms with Crippen LogP contribution in [-0.2, 0) is 6.54 Å². The predicted octanol–water partition coefficient (Wildman–Crippen LogP) is 3.76. The highest BCUT2D eigenvalue weighted by atomic mass is 32.1. The van der Waals surface area contributed by atoms with Crippen molar-refractivity contribution in [1.29, 1.82) is 0 Å². The molecule has 1 heterocycles. The van der Waals surface area contributed by atoms with Crippen LogP contribution in [0.1, 0.15) is 27.6 Å². The van der Waals surface area contributed by atoms with E-state index in [1.54, 1.807) is 0 Å². The minimum atomic E-state index is 0.445. The molecule has 0 aliphatic heterocycles. The number of aryl methyl sites for hydroxylation is 2. The lowest BCUT2D eigenvalue weighted by Crippen LogP contribution is -2.30. The first-order valence-corrected chi connectivity index (χ1v) is 7.92. The quantitative estimate of drug-likeness (QED) is 0.870. The van der Waals surface area contributed by atoms with Crippen LogP contribution in [0, 0.1) is 13.8 Å². The number of hydrogen-bond acceptors (Lipinski definition) is 3. The van der Waals surface area contributed by atoms with Gasteiger partial charge in [0.1, 0.15) is 0 Å². The second-order valence-electron chi connectivity index (χ2n) is 5.56. The lowest BCUT2D eigenvalue weighted by molar-refractivity contribution is 0.292. The third-order valence-corrected chi connectivity index (χ3v) is 4.63. The Bertz CT molecular complexity index is 532. The lowest BCUT2D eigenvalue weighted by Gasteiger charge is -2.24. The van der Waals surface area contributed by atoms with Crippen LogP contribution in [0.5, 0.6) is 0 Å². The molecule has 3 heteroatoms. The van der Waals surface area contributed by atoms with Gasteiger partial charge in [-0.15, -0.1) is 11.3 Å². The highest BCUT2D eigenvalue weighted by Gasteiger charge is 2.14. The third-order valence-electron chi connectivity index (χ3n) is 3.65. The van der Waals surface area contributed by atoms with Gasteiger partial charge >= 0.3 is 0 Å². The van der Waals surface area contributed by atoms with Crippen molar-refractivity contribution in [3.63, 3.8) is 0 Å². The number of rotatable bonds is 6. The molecule has 2 nitrogen and oxygen atoms in total. The molecule has 2 aromatic rings. The van der Waals surface area contributed by atoms with Crippen molar-refractivity contribution in [2.45, 2.75) is 26.4 Å². The van der Waals surface area contributed by atoms with E-state index in [2.05, 4.69) is 73.9 Å². The maximum atomic E-state index is 3.60. The Balaban J connectivity index is 1.95. The van der Waals surface area contributed by atoms with Crippen LogP contribution in [0.2, 0.25) is 0 Å². The highest BCUT2D eigenvalue weighted by molar-refractivity contribution is 7.10. The van der Waals surface area contributed by atoms with Gasteiger partial charge < -0.3 is 10.2 Å². The van der Waals surface area contributed by atoms with Gasteiger partial charge in [0.2, 0.25) is 0 Å². The molecule has 0 radical (unpaired) electrons. The third kappa shape index (κ3) is 3.92. The molecule has 1 atom stereocenters. The summed E-state index contributed by atoms with van der Waals surface area (Å²) in [5.41, 5.74) is 4.09. The zero-order chi connectivity index (χ0) is 14.5. The number of thiophene rings is 1. The number of nitrogens with zero attached hydrogens (tertiary/aromatic N) is 1. The van der Waals surface area contributed by atoms with Crippen LogP contribution < -0.4 is 5.32 Å². The standard InChI is InChI=1S/C17H24N2S/c1-13-7-8-14(2)15(10-13)11-18-12-16(19(3)4)17-6-5-9-20-17/h5-10,16,18H,11-12H2,1-4H3. The van der Waals surface area contributed by atoms with Gasteiger partial charge in [0, 0.05) is 18.0 Å². The molecule has 1 aromatic carbocycles. The van der Waals surface area contributed by atoms with Gasteiger partial charge in [-0.05, 0) is 50.5 Å². The van der Waals surface area contributed by atoms with Crippen molar-refractivity contribution in [2.24, 2.45) is 0 Å². The summed E-state index contributed by atoms with van der Waals surface area (Å²) in [6, 6.07) is 11.4. The van der Waals surface area contributed by atoms with Crippen LogP contribution in [0.25, 0.3) is 0 Å². The van der Waals surface area contributed by atoms with Gasteiger partial charge in [0.05, 0.1) is 6.04 Å². The molecule has 1 aromatic heterocycles. The fraction of sp³-hybridized carbons (Fsp3) is 0.412. The smallest absolute Gasteiger partial charge is 0.0561 e. The Morgan fingerprint density at radius 3 is 2.65 bits per heavy atom. The SMILES string of the molecule is Cc1ccc(C)c(CNCC(c2cccs2)N(C)C)c1. The molecule has 0 spiro atoms. The number of likely N-dealkylation sites (N-methyl/N-ethyl adjacent to an activating group) is 1. The number of nitrogens with one attached hydrogen (secondary N) is 1. The van der Waals surface area contributed by atoms with Crippen molar-refractivity contribution in [2.75, 3.05) is 20.6 Å². The fourth-order valence-corrected chi connectivity index (χ4v) is 3.28. The average Bonchev–Trinajstić information content (AvgIpc) is 2.91.